The second-order valence-corrected chi connectivity index (χ2v) is 5.82. The van der Waals surface area contributed by atoms with Crippen molar-refractivity contribution in [2.75, 3.05) is 0 Å². The number of benzene rings is 1. The molecule has 2 aromatic rings. The number of rotatable bonds is 3. The monoisotopic (exact) mass is 276 g/mol. The molecule has 0 aliphatic carbocycles. The number of aromatic nitrogens is 1. The number of hydroxylamine groups is 1. The fourth-order valence-corrected chi connectivity index (χ4v) is 1.97. The molecule has 19 heavy (non-hydrogen) atoms. The van der Waals surface area contributed by atoms with Crippen molar-refractivity contribution in [1.29, 1.82) is 0 Å². The SMILES string of the molecule is CC(C)(C)ONC(=O)c1ccc(-c2cscn2)cc1. The van der Waals surface area contributed by atoms with E-state index in [0.717, 1.165) is 11.3 Å². The van der Waals surface area contributed by atoms with Crippen LogP contribution in [0, 0.1) is 0 Å². The fraction of sp³-hybridized carbons (Fsp3) is 0.286. The quantitative estimate of drug-likeness (QED) is 0.875. The summed E-state index contributed by atoms with van der Waals surface area (Å²) in [5, 5.41) is 1.97. The average Bonchev–Trinajstić information content (AvgIpc) is 2.89. The zero-order valence-electron chi connectivity index (χ0n) is 11.1. The summed E-state index contributed by atoms with van der Waals surface area (Å²) in [6.07, 6.45) is 0. The molecule has 0 fully saturated rings. The number of nitrogens with one attached hydrogen (secondary N) is 1. The second kappa shape index (κ2) is 5.50. The Kier molecular flexibility index (Phi) is 3.97. The minimum atomic E-state index is -0.407. The molecule has 0 bridgehead atoms. The van der Waals surface area contributed by atoms with Crippen LogP contribution < -0.4 is 5.48 Å². The summed E-state index contributed by atoms with van der Waals surface area (Å²) < 4.78 is 0. The molecule has 1 heterocycles. The van der Waals surface area contributed by atoms with Crippen LogP contribution in [0.5, 0.6) is 0 Å². The third-order valence-corrected chi connectivity index (χ3v) is 2.91. The normalized spacial score (nSPS) is 11.3. The number of thiazole rings is 1. The third-order valence-electron chi connectivity index (χ3n) is 2.33. The van der Waals surface area contributed by atoms with E-state index in [1.807, 2.05) is 38.3 Å². The van der Waals surface area contributed by atoms with Crippen LogP contribution in [0.1, 0.15) is 31.1 Å². The number of carbonyl (C=O) groups is 1. The standard InChI is InChI=1S/C14H16N2O2S/c1-14(2,3)18-16-13(17)11-6-4-10(5-7-11)12-8-19-9-15-12/h4-9H,1-3H3,(H,16,17). The van der Waals surface area contributed by atoms with Crippen LogP contribution >= 0.6 is 11.3 Å². The van der Waals surface area contributed by atoms with Crippen molar-refractivity contribution in [1.82, 2.24) is 10.5 Å². The molecule has 4 nitrogen and oxygen atoms in total. The van der Waals surface area contributed by atoms with Crippen LogP contribution in [0.3, 0.4) is 0 Å². The number of nitrogens with zero attached hydrogens (tertiary/aromatic N) is 1. The van der Waals surface area contributed by atoms with E-state index in [-0.39, 0.29) is 5.91 Å². The van der Waals surface area contributed by atoms with Gasteiger partial charge in [0.15, 0.2) is 0 Å². The summed E-state index contributed by atoms with van der Waals surface area (Å²) in [6.45, 7) is 5.62. The second-order valence-electron chi connectivity index (χ2n) is 5.10. The van der Waals surface area contributed by atoms with Crippen molar-refractivity contribution in [2.45, 2.75) is 26.4 Å². The lowest BCUT2D eigenvalue weighted by molar-refractivity contribution is -0.0589. The van der Waals surface area contributed by atoms with Crippen LogP contribution in [-0.4, -0.2) is 16.5 Å². The fourth-order valence-electron chi connectivity index (χ4n) is 1.41. The number of amides is 1. The molecule has 5 heteroatoms. The molecule has 0 radical (unpaired) electrons. The van der Waals surface area contributed by atoms with Crippen molar-refractivity contribution >= 4 is 17.2 Å². The van der Waals surface area contributed by atoms with E-state index in [9.17, 15) is 4.79 Å². The number of hydrogen-bond acceptors (Lipinski definition) is 4. The predicted molar refractivity (Wildman–Crippen MR) is 75.9 cm³/mol. The van der Waals surface area contributed by atoms with E-state index in [0.29, 0.717) is 5.56 Å². The van der Waals surface area contributed by atoms with Gasteiger partial charge in [0.1, 0.15) is 0 Å². The summed E-state index contributed by atoms with van der Waals surface area (Å²) >= 11 is 1.55. The lowest BCUT2D eigenvalue weighted by atomic mass is 10.1. The van der Waals surface area contributed by atoms with Gasteiger partial charge in [0.2, 0.25) is 0 Å². The van der Waals surface area contributed by atoms with Gasteiger partial charge in [0.05, 0.1) is 16.8 Å². The molecule has 1 N–H and O–H groups in total. The van der Waals surface area contributed by atoms with Crippen molar-refractivity contribution < 1.29 is 9.63 Å². The summed E-state index contributed by atoms with van der Waals surface area (Å²) in [7, 11) is 0. The lowest BCUT2D eigenvalue weighted by Crippen LogP contribution is -2.33. The van der Waals surface area contributed by atoms with E-state index in [2.05, 4.69) is 10.5 Å². The van der Waals surface area contributed by atoms with Gasteiger partial charge in [-0.3, -0.25) is 9.63 Å². The molecule has 0 aliphatic heterocycles. The van der Waals surface area contributed by atoms with Gasteiger partial charge in [-0.05, 0) is 32.9 Å². The highest BCUT2D eigenvalue weighted by Crippen LogP contribution is 2.19. The zero-order chi connectivity index (χ0) is 13.9. The predicted octanol–water partition coefficient (Wildman–Crippen LogP) is 3.27. The third kappa shape index (κ3) is 3.87. The first-order valence-electron chi connectivity index (χ1n) is 5.93. The van der Waals surface area contributed by atoms with E-state index in [1.165, 1.54) is 0 Å². The van der Waals surface area contributed by atoms with Gasteiger partial charge in [-0.1, -0.05) is 12.1 Å². The van der Waals surface area contributed by atoms with Crippen LogP contribution in [0.15, 0.2) is 35.2 Å². The molecule has 100 valence electrons. The molecule has 1 amide bonds. The highest BCUT2D eigenvalue weighted by atomic mass is 32.1. The highest BCUT2D eigenvalue weighted by Gasteiger charge is 2.14. The first kappa shape index (κ1) is 13.7. The van der Waals surface area contributed by atoms with Crippen molar-refractivity contribution in [3.05, 3.63) is 40.7 Å². The van der Waals surface area contributed by atoms with E-state index < -0.39 is 5.60 Å². The molecule has 1 aromatic carbocycles. The van der Waals surface area contributed by atoms with Crippen LogP contribution in [0.25, 0.3) is 11.3 Å². The summed E-state index contributed by atoms with van der Waals surface area (Å²) in [4.78, 5) is 21.3. The van der Waals surface area contributed by atoms with Gasteiger partial charge in [0.25, 0.3) is 5.91 Å². The molecule has 0 aliphatic rings. The molecular formula is C14H16N2O2S. The van der Waals surface area contributed by atoms with Crippen molar-refractivity contribution in [3.63, 3.8) is 0 Å². The largest absolute Gasteiger partial charge is 0.274 e. The summed E-state index contributed by atoms with van der Waals surface area (Å²) in [5.74, 6) is -0.250. The maximum absolute atomic E-state index is 11.8. The Bertz CT molecular complexity index is 542. The maximum atomic E-state index is 11.8. The summed E-state index contributed by atoms with van der Waals surface area (Å²) in [5.41, 5.74) is 6.29. The average molecular weight is 276 g/mol. The molecule has 0 saturated carbocycles. The van der Waals surface area contributed by atoms with Crippen molar-refractivity contribution in [3.8, 4) is 11.3 Å². The van der Waals surface area contributed by atoms with Gasteiger partial charge < -0.3 is 0 Å². The van der Waals surface area contributed by atoms with Crippen LogP contribution in [0.2, 0.25) is 0 Å². The first-order chi connectivity index (χ1) is 8.96. The Labute approximate surface area is 116 Å². The highest BCUT2D eigenvalue weighted by molar-refractivity contribution is 7.07. The maximum Gasteiger partial charge on any atom is 0.274 e. The Hall–Kier alpha value is -1.72. The Balaban J connectivity index is 2.04. The van der Waals surface area contributed by atoms with Crippen LogP contribution in [-0.2, 0) is 4.84 Å². The molecule has 0 atom stereocenters. The molecule has 1 aromatic heterocycles. The number of hydrogen-bond donors (Lipinski definition) is 1. The van der Waals surface area contributed by atoms with E-state index in [1.54, 1.807) is 29.0 Å². The zero-order valence-corrected chi connectivity index (χ0v) is 12.0. The molecule has 0 unspecified atom stereocenters. The smallest absolute Gasteiger partial charge is 0.268 e. The van der Waals surface area contributed by atoms with Gasteiger partial charge in [0, 0.05) is 16.5 Å². The Morgan fingerprint density at radius 1 is 1.26 bits per heavy atom. The lowest BCUT2D eigenvalue weighted by Gasteiger charge is -2.18. The molecular weight excluding hydrogens is 260 g/mol. The molecule has 0 saturated heterocycles. The number of carbonyl (C=O) groups excluding carboxylic acids is 1. The van der Waals surface area contributed by atoms with Gasteiger partial charge in [-0.15, -0.1) is 11.3 Å². The van der Waals surface area contributed by atoms with E-state index in [4.69, 9.17) is 4.84 Å². The van der Waals surface area contributed by atoms with Gasteiger partial charge in [-0.2, -0.15) is 0 Å². The Morgan fingerprint density at radius 3 is 2.47 bits per heavy atom. The minimum Gasteiger partial charge on any atom is -0.268 e. The first-order valence-corrected chi connectivity index (χ1v) is 6.87. The minimum absolute atomic E-state index is 0.250. The van der Waals surface area contributed by atoms with Crippen molar-refractivity contribution in [2.24, 2.45) is 0 Å². The topological polar surface area (TPSA) is 51.2 Å². The molecule has 0 spiro atoms. The molecule has 2 rings (SSSR count). The van der Waals surface area contributed by atoms with Gasteiger partial charge in [-0.25, -0.2) is 10.5 Å². The van der Waals surface area contributed by atoms with Gasteiger partial charge >= 0.3 is 0 Å². The Morgan fingerprint density at radius 2 is 1.95 bits per heavy atom. The summed E-state index contributed by atoms with van der Waals surface area (Å²) in [6, 6.07) is 7.27. The van der Waals surface area contributed by atoms with Crippen LogP contribution in [0.4, 0.5) is 0 Å². The van der Waals surface area contributed by atoms with E-state index >= 15 is 0 Å².